The number of fused-ring (bicyclic) bond motifs is 1. The Hall–Kier alpha value is -2.14. The number of thiophene rings is 1. The van der Waals surface area contributed by atoms with E-state index in [0.29, 0.717) is 6.04 Å². The summed E-state index contributed by atoms with van der Waals surface area (Å²) in [5, 5.41) is 10.0. The zero-order chi connectivity index (χ0) is 14.7. The number of nitrogens with zero attached hydrogens (tertiary/aromatic N) is 2. The fraction of sp³-hybridized carbons (Fsp3) is 0.250. The molecule has 1 unspecified atom stereocenters. The van der Waals surface area contributed by atoms with Gasteiger partial charge in [0.25, 0.3) is 0 Å². The van der Waals surface area contributed by atoms with Gasteiger partial charge in [0.2, 0.25) is 0 Å². The second-order valence-electron chi connectivity index (χ2n) is 4.99. The number of rotatable bonds is 5. The molecule has 2 N–H and O–H groups in total. The van der Waals surface area contributed by atoms with Crippen LogP contribution in [0.3, 0.4) is 0 Å². The first-order chi connectivity index (χ1) is 10.3. The van der Waals surface area contributed by atoms with Crippen LogP contribution >= 0.6 is 11.3 Å². The van der Waals surface area contributed by atoms with Crippen molar-refractivity contribution in [1.29, 1.82) is 0 Å². The standard InChI is InChI=1S/C16H18N4S/c1-3-11(2)19-13-6-4-5-7-14(13)20-15-12-8-9-21-16(12)18-10-17-15/h4-11,19H,3H2,1-2H3,(H,17,18,20). The Morgan fingerprint density at radius 1 is 1.14 bits per heavy atom. The Balaban J connectivity index is 1.93. The van der Waals surface area contributed by atoms with E-state index in [4.69, 9.17) is 0 Å². The summed E-state index contributed by atoms with van der Waals surface area (Å²) in [6.07, 6.45) is 2.68. The Kier molecular flexibility index (Phi) is 4.01. The molecule has 0 radical (unpaired) electrons. The highest BCUT2D eigenvalue weighted by Gasteiger charge is 2.08. The first-order valence-corrected chi connectivity index (χ1v) is 7.96. The summed E-state index contributed by atoms with van der Waals surface area (Å²) < 4.78 is 0. The van der Waals surface area contributed by atoms with Crippen LogP contribution in [0.4, 0.5) is 17.2 Å². The third kappa shape index (κ3) is 2.97. The minimum Gasteiger partial charge on any atom is -0.381 e. The average Bonchev–Trinajstić information content (AvgIpc) is 2.98. The van der Waals surface area contributed by atoms with E-state index >= 15 is 0 Å². The second kappa shape index (κ2) is 6.10. The SMILES string of the molecule is CCC(C)Nc1ccccc1Nc1ncnc2sccc12. The quantitative estimate of drug-likeness (QED) is 0.720. The van der Waals surface area contributed by atoms with Gasteiger partial charge in [0.15, 0.2) is 0 Å². The third-order valence-electron chi connectivity index (χ3n) is 3.46. The summed E-state index contributed by atoms with van der Waals surface area (Å²) in [6, 6.07) is 10.7. The van der Waals surface area contributed by atoms with Crippen LogP contribution in [-0.4, -0.2) is 16.0 Å². The molecule has 2 aromatic heterocycles. The summed E-state index contributed by atoms with van der Waals surface area (Å²) in [7, 11) is 0. The van der Waals surface area contributed by atoms with Crippen LogP contribution in [0, 0.1) is 0 Å². The monoisotopic (exact) mass is 298 g/mol. The molecule has 5 heteroatoms. The molecule has 0 saturated carbocycles. The van der Waals surface area contributed by atoms with Gasteiger partial charge in [-0.25, -0.2) is 9.97 Å². The number of para-hydroxylation sites is 2. The molecule has 1 aromatic carbocycles. The van der Waals surface area contributed by atoms with Crippen molar-refractivity contribution in [3.63, 3.8) is 0 Å². The third-order valence-corrected chi connectivity index (χ3v) is 4.28. The van der Waals surface area contributed by atoms with Gasteiger partial charge in [-0.2, -0.15) is 0 Å². The molecule has 1 atom stereocenters. The van der Waals surface area contributed by atoms with Crippen molar-refractivity contribution in [2.24, 2.45) is 0 Å². The van der Waals surface area contributed by atoms with Crippen molar-refractivity contribution < 1.29 is 0 Å². The van der Waals surface area contributed by atoms with Crippen LogP contribution in [-0.2, 0) is 0 Å². The van der Waals surface area contributed by atoms with Gasteiger partial charge >= 0.3 is 0 Å². The van der Waals surface area contributed by atoms with Crippen LogP contribution < -0.4 is 10.6 Å². The van der Waals surface area contributed by atoms with Crippen LogP contribution in [0.15, 0.2) is 42.0 Å². The molecule has 4 nitrogen and oxygen atoms in total. The topological polar surface area (TPSA) is 49.8 Å². The van der Waals surface area contributed by atoms with Crippen molar-refractivity contribution in [1.82, 2.24) is 9.97 Å². The maximum atomic E-state index is 4.37. The zero-order valence-electron chi connectivity index (χ0n) is 12.1. The predicted octanol–water partition coefficient (Wildman–Crippen LogP) is 4.65. The highest BCUT2D eigenvalue weighted by Crippen LogP contribution is 2.30. The molecule has 3 rings (SSSR count). The lowest BCUT2D eigenvalue weighted by molar-refractivity contribution is 0.764. The van der Waals surface area contributed by atoms with Crippen LogP contribution in [0.25, 0.3) is 10.2 Å². The lowest BCUT2D eigenvalue weighted by atomic mass is 10.2. The largest absolute Gasteiger partial charge is 0.381 e. The van der Waals surface area contributed by atoms with Crippen LogP contribution in [0.1, 0.15) is 20.3 Å². The Morgan fingerprint density at radius 2 is 1.95 bits per heavy atom. The molecule has 0 spiro atoms. The zero-order valence-corrected chi connectivity index (χ0v) is 12.9. The first kappa shape index (κ1) is 13.8. The second-order valence-corrected chi connectivity index (χ2v) is 5.88. The van der Waals surface area contributed by atoms with E-state index in [1.54, 1.807) is 17.7 Å². The molecule has 21 heavy (non-hydrogen) atoms. The summed E-state index contributed by atoms with van der Waals surface area (Å²) in [6.45, 7) is 4.35. The highest BCUT2D eigenvalue weighted by atomic mass is 32.1. The molecule has 0 aliphatic rings. The molecule has 0 aliphatic carbocycles. The number of aromatic nitrogens is 2. The minimum absolute atomic E-state index is 0.430. The Morgan fingerprint density at radius 3 is 2.76 bits per heavy atom. The van der Waals surface area contributed by atoms with Crippen molar-refractivity contribution in [2.45, 2.75) is 26.3 Å². The van der Waals surface area contributed by atoms with E-state index < -0.39 is 0 Å². The normalized spacial score (nSPS) is 12.3. The molecular formula is C16H18N4S. The minimum atomic E-state index is 0.430. The summed E-state index contributed by atoms with van der Waals surface area (Å²) in [5.74, 6) is 0.847. The number of hydrogen-bond acceptors (Lipinski definition) is 5. The summed E-state index contributed by atoms with van der Waals surface area (Å²) >= 11 is 1.62. The molecule has 2 heterocycles. The summed E-state index contributed by atoms with van der Waals surface area (Å²) in [4.78, 5) is 9.65. The molecule has 0 bridgehead atoms. The average molecular weight is 298 g/mol. The maximum Gasteiger partial charge on any atom is 0.142 e. The van der Waals surface area contributed by atoms with Gasteiger partial charge in [-0.3, -0.25) is 0 Å². The molecule has 0 saturated heterocycles. The van der Waals surface area contributed by atoms with Crippen LogP contribution in [0.2, 0.25) is 0 Å². The van der Waals surface area contributed by atoms with Gasteiger partial charge in [0, 0.05) is 6.04 Å². The van der Waals surface area contributed by atoms with E-state index in [1.165, 1.54) is 0 Å². The highest BCUT2D eigenvalue weighted by molar-refractivity contribution is 7.16. The van der Waals surface area contributed by atoms with E-state index in [0.717, 1.165) is 33.8 Å². The smallest absolute Gasteiger partial charge is 0.142 e. The summed E-state index contributed by atoms with van der Waals surface area (Å²) in [5.41, 5.74) is 2.12. The van der Waals surface area contributed by atoms with E-state index in [-0.39, 0.29) is 0 Å². The van der Waals surface area contributed by atoms with Gasteiger partial charge in [-0.1, -0.05) is 19.1 Å². The van der Waals surface area contributed by atoms with Gasteiger partial charge in [-0.05, 0) is 36.9 Å². The van der Waals surface area contributed by atoms with E-state index in [9.17, 15) is 0 Å². The van der Waals surface area contributed by atoms with E-state index in [2.05, 4.69) is 46.6 Å². The molecule has 0 aliphatic heterocycles. The van der Waals surface area contributed by atoms with Crippen LogP contribution in [0.5, 0.6) is 0 Å². The lowest BCUT2D eigenvalue weighted by Crippen LogP contribution is -2.14. The fourth-order valence-electron chi connectivity index (χ4n) is 2.10. The molecule has 0 fully saturated rings. The van der Waals surface area contributed by atoms with Gasteiger partial charge in [0.1, 0.15) is 17.0 Å². The van der Waals surface area contributed by atoms with Gasteiger partial charge in [-0.15, -0.1) is 11.3 Å². The van der Waals surface area contributed by atoms with Gasteiger partial charge < -0.3 is 10.6 Å². The molecule has 108 valence electrons. The van der Waals surface area contributed by atoms with Crippen molar-refractivity contribution in [3.05, 3.63) is 42.0 Å². The number of benzene rings is 1. The van der Waals surface area contributed by atoms with Crippen molar-refractivity contribution in [2.75, 3.05) is 10.6 Å². The maximum absolute atomic E-state index is 4.37. The lowest BCUT2D eigenvalue weighted by Gasteiger charge is -2.17. The number of hydrogen-bond donors (Lipinski definition) is 2. The first-order valence-electron chi connectivity index (χ1n) is 7.08. The number of nitrogens with one attached hydrogen (secondary N) is 2. The van der Waals surface area contributed by atoms with E-state index in [1.807, 2.05) is 23.6 Å². The molecular weight excluding hydrogens is 280 g/mol. The van der Waals surface area contributed by atoms with Crippen molar-refractivity contribution >= 4 is 38.7 Å². The molecule has 3 aromatic rings. The van der Waals surface area contributed by atoms with Crippen molar-refractivity contribution in [3.8, 4) is 0 Å². The predicted molar refractivity (Wildman–Crippen MR) is 90.5 cm³/mol. The molecule has 0 amide bonds. The Bertz CT molecular complexity index is 738. The Labute approximate surface area is 128 Å². The fourth-order valence-corrected chi connectivity index (χ4v) is 2.84. The number of anilines is 3. The van der Waals surface area contributed by atoms with Gasteiger partial charge in [0.05, 0.1) is 16.8 Å².